The molecule has 2 fully saturated rings. The number of piperidine rings is 1. The Hall–Kier alpha value is -1.16. The molecule has 0 radical (unpaired) electrons. The summed E-state index contributed by atoms with van der Waals surface area (Å²) in [5.41, 5.74) is 0.682. The Morgan fingerprint density at radius 3 is 2.50 bits per heavy atom. The molecule has 2 aliphatic heterocycles. The van der Waals surface area contributed by atoms with E-state index >= 15 is 0 Å². The van der Waals surface area contributed by atoms with Crippen LogP contribution in [0.15, 0.2) is 42.5 Å². The number of aliphatic hydroxyl groups is 1. The number of hydrogen-bond acceptors (Lipinski definition) is 3. The Morgan fingerprint density at radius 1 is 1.25 bits per heavy atom. The van der Waals surface area contributed by atoms with Crippen LogP contribution in [0.25, 0.3) is 0 Å². The van der Waals surface area contributed by atoms with Gasteiger partial charge in [-0.15, -0.1) is 0 Å². The zero-order valence-corrected chi connectivity index (χ0v) is 12.0. The Kier molecular flexibility index (Phi) is 3.92. The van der Waals surface area contributed by atoms with Crippen molar-refractivity contribution in [2.75, 3.05) is 13.2 Å². The zero-order chi connectivity index (χ0) is 14.0. The number of hydrogen-bond donors (Lipinski definition) is 1. The summed E-state index contributed by atoms with van der Waals surface area (Å²) in [6.07, 6.45) is 5.45. The van der Waals surface area contributed by atoms with Crippen LogP contribution in [-0.2, 0) is 11.3 Å². The second kappa shape index (κ2) is 5.68. The first-order chi connectivity index (χ1) is 9.70. The molecule has 0 aromatic heterocycles. The van der Waals surface area contributed by atoms with Gasteiger partial charge in [0.1, 0.15) is 0 Å². The molecule has 3 rings (SSSR count). The maximum atomic E-state index is 10.7. The van der Waals surface area contributed by atoms with Gasteiger partial charge in [0, 0.05) is 18.6 Å². The van der Waals surface area contributed by atoms with Gasteiger partial charge in [0.25, 0.3) is 0 Å². The summed E-state index contributed by atoms with van der Waals surface area (Å²) in [5, 5.41) is 10.7. The minimum absolute atomic E-state index is 0.309. The van der Waals surface area contributed by atoms with Crippen LogP contribution in [0.4, 0.5) is 0 Å². The number of nitrogens with zero attached hydrogens (tertiary/aromatic N) is 1. The zero-order valence-electron chi connectivity index (χ0n) is 12.0. The van der Waals surface area contributed by atoms with Crippen LogP contribution in [0, 0.1) is 0 Å². The number of morpholine rings is 1. The van der Waals surface area contributed by atoms with Crippen molar-refractivity contribution in [3.63, 3.8) is 0 Å². The van der Waals surface area contributed by atoms with E-state index < -0.39 is 5.60 Å². The molecule has 0 saturated carbocycles. The lowest BCUT2D eigenvalue weighted by atomic mass is 9.80. The molecule has 2 bridgehead atoms. The molecule has 3 heteroatoms. The van der Waals surface area contributed by atoms with Gasteiger partial charge >= 0.3 is 0 Å². The van der Waals surface area contributed by atoms with Crippen molar-refractivity contribution >= 4 is 0 Å². The van der Waals surface area contributed by atoms with Crippen molar-refractivity contribution < 1.29 is 9.84 Å². The molecule has 20 heavy (non-hydrogen) atoms. The highest BCUT2D eigenvalue weighted by atomic mass is 16.5. The van der Waals surface area contributed by atoms with Crippen molar-refractivity contribution in [2.45, 2.75) is 44.0 Å². The minimum Gasteiger partial charge on any atom is -0.386 e. The van der Waals surface area contributed by atoms with E-state index in [1.54, 1.807) is 0 Å². The number of allylic oxidation sites excluding steroid dienone is 1. The highest BCUT2D eigenvalue weighted by Gasteiger charge is 2.44. The van der Waals surface area contributed by atoms with Gasteiger partial charge in [0.05, 0.1) is 18.8 Å². The van der Waals surface area contributed by atoms with Gasteiger partial charge in [-0.05, 0) is 25.3 Å². The summed E-state index contributed by atoms with van der Waals surface area (Å²) >= 11 is 0. The maximum Gasteiger partial charge on any atom is 0.0859 e. The predicted octanol–water partition coefficient (Wildman–Crippen LogP) is 2.36. The lowest BCUT2D eigenvalue weighted by Gasteiger charge is -2.51. The molecule has 2 heterocycles. The summed E-state index contributed by atoms with van der Waals surface area (Å²) in [7, 11) is 0. The highest BCUT2D eigenvalue weighted by molar-refractivity contribution is 5.16. The largest absolute Gasteiger partial charge is 0.386 e. The first-order valence-electron chi connectivity index (χ1n) is 7.44. The highest BCUT2D eigenvalue weighted by Crippen LogP contribution is 2.36. The standard InChI is InChI=1S/C17H23NO2/c1-2-8-17(19)9-15-12-20-13-16(10-17)18(15)11-14-6-4-3-5-7-14/h2-8,15-16,19H,9-13H2,1H3/b8-2-. The van der Waals surface area contributed by atoms with Gasteiger partial charge in [-0.25, -0.2) is 0 Å². The van der Waals surface area contributed by atoms with E-state index in [0.717, 1.165) is 32.6 Å². The first kappa shape index (κ1) is 13.8. The fourth-order valence-corrected chi connectivity index (χ4v) is 3.58. The molecule has 2 aliphatic rings. The van der Waals surface area contributed by atoms with E-state index in [2.05, 4.69) is 35.2 Å². The second-order valence-corrected chi connectivity index (χ2v) is 6.01. The lowest BCUT2D eigenvalue weighted by molar-refractivity contribution is -0.130. The minimum atomic E-state index is -0.652. The van der Waals surface area contributed by atoms with Gasteiger partial charge in [0.2, 0.25) is 0 Å². The van der Waals surface area contributed by atoms with Crippen LogP contribution in [0.3, 0.4) is 0 Å². The van der Waals surface area contributed by atoms with Crippen molar-refractivity contribution in [1.29, 1.82) is 0 Å². The Labute approximate surface area is 120 Å². The van der Waals surface area contributed by atoms with Crippen molar-refractivity contribution in [3.8, 4) is 0 Å². The quantitative estimate of drug-likeness (QED) is 0.858. The van der Waals surface area contributed by atoms with Gasteiger partial charge in [-0.3, -0.25) is 4.90 Å². The number of benzene rings is 1. The summed E-state index contributed by atoms with van der Waals surface area (Å²) in [6, 6.07) is 11.2. The third-order valence-electron chi connectivity index (χ3n) is 4.42. The van der Waals surface area contributed by atoms with E-state index in [1.807, 2.05) is 19.1 Å². The van der Waals surface area contributed by atoms with Crippen LogP contribution in [-0.4, -0.2) is 40.9 Å². The van der Waals surface area contributed by atoms with Crippen LogP contribution in [0.2, 0.25) is 0 Å². The van der Waals surface area contributed by atoms with Gasteiger partial charge < -0.3 is 9.84 Å². The smallest absolute Gasteiger partial charge is 0.0859 e. The average molecular weight is 273 g/mol. The molecule has 1 N–H and O–H groups in total. The van der Waals surface area contributed by atoms with E-state index in [0.29, 0.717) is 12.1 Å². The number of rotatable bonds is 3. The lowest BCUT2D eigenvalue weighted by Crippen LogP contribution is -2.60. The normalized spacial score (nSPS) is 34.5. The average Bonchev–Trinajstić information content (AvgIpc) is 2.41. The van der Waals surface area contributed by atoms with E-state index in [-0.39, 0.29) is 0 Å². The second-order valence-electron chi connectivity index (χ2n) is 6.01. The van der Waals surface area contributed by atoms with Crippen molar-refractivity contribution in [2.24, 2.45) is 0 Å². The van der Waals surface area contributed by atoms with E-state index in [1.165, 1.54) is 5.56 Å². The predicted molar refractivity (Wildman–Crippen MR) is 79.4 cm³/mol. The van der Waals surface area contributed by atoms with Crippen molar-refractivity contribution in [1.82, 2.24) is 4.90 Å². The molecule has 2 unspecified atom stereocenters. The first-order valence-corrected chi connectivity index (χ1v) is 7.44. The van der Waals surface area contributed by atoms with Crippen LogP contribution in [0.5, 0.6) is 0 Å². The van der Waals surface area contributed by atoms with Crippen LogP contribution < -0.4 is 0 Å². The molecule has 0 spiro atoms. The van der Waals surface area contributed by atoms with Crippen LogP contribution >= 0.6 is 0 Å². The third kappa shape index (κ3) is 2.80. The molecule has 0 aliphatic carbocycles. The molecular formula is C17H23NO2. The molecule has 2 saturated heterocycles. The molecule has 2 atom stereocenters. The Morgan fingerprint density at radius 2 is 1.90 bits per heavy atom. The molecule has 1 aromatic rings. The third-order valence-corrected chi connectivity index (χ3v) is 4.42. The fraction of sp³-hybridized carbons (Fsp3) is 0.529. The number of ether oxygens (including phenoxy) is 1. The van der Waals surface area contributed by atoms with Gasteiger partial charge in [-0.1, -0.05) is 42.5 Å². The maximum absolute atomic E-state index is 10.7. The summed E-state index contributed by atoms with van der Waals surface area (Å²) in [6.45, 7) is 4.37. The topological polar surface area (TPSA) is 32.7 Å². The van der Waals surface area contributed by atoms with Crippen LogP contribution in [0.1, 0.15) is 25.3 Å². The van der Waals surface area contributed by atoms with Gasteiger partial charge in [0.15, 0.2) is 0 Å². The Balaban J connectivity index is 1.77. The molecule has 108 valence electrons. The summed E-state index contributed by atoms with van der Waals surface area (Å²) in [4.78, 5) is 2.51. The molecule has 3 nitrogen and oxygen atoms in total. The van der Waals surface area contributed by atoms with Crippen molar-refractivity contribution in [3.05, 3.63) is 48.0 Å². The van der Waals surface area contributed by atoms with Gasteiger partial charge in [-0.2, -0.15) is 0 Å². The summed E-state index contributed by atoms with van der Waals surface area (Å²) in [5.74, 6) is 0. The molecular weight excluding hydrogens is 250 g/mol. The SMILES string of the molecule is C/C=C\C1(O)CC2COCC(C1)N2Cc1ccccc1. The Bertz CT molecular complexity index is 457. The summed E-state index contributed by atoms with van der Waals surface area (Å²) < 4.78 is 5.70. The van der Waals surface area contributed by atoms with E-state index in [4.69, 9.17) is 4.74 Å². The molecule has 1 aromatic carbocycles. The molecule has 0 amide bonds. The monoisotopic (exact) mass is 273 g/mol. The number of fused-ring (bicyclic) bond motifs is 2. The van der Waals surface area contributed by atoms with E-state index in [9.17, 15) is 5.11 Å². The fourth-order valence-electron chi connectivity index (χ4n) is 3.58.